The molecule has 1 rings (SSSR count). The van der Waals surface area contributed by atoms with Crippen LogP contribution in [-0.4, -0.2) is 27.2 Å². The van der Waals surface area contributed by atoms with Crippen LogP contribution in [0.4, 0.5) is 0 Å². The largest absolute Gasteiger partial charge is 0.476 e. The fraction of sp³-hybridized carbons (Fsp3) is 0.250. The number of rotatable bonds is 1. The van der Waals surface area contributed by atoms with Crippen molar-refractivity contribution in [2.24, 2.45) is 10.2 Å². The number of carboxylic acid groups (broad SMARTS) is 1. The molecule has 0 saturated heterocycles. The van der Waals surface area contributed by atoms with E-state index in [-0.39, 0.29) is 0 Å². The van der Waals surface area contributed by atoms with Crippen LogP contribution < -0.4 is 0 Å². The smallest absolute Gasteiger partial charge is 0.356 e. The van der Waals surface area contributed by atoms with E-state index in [9.17, 15) is 4.79 Å². The van der Waals surface area contributed by atoms with Crippen molar-refractivity contribution in [3.8, 4) is 0 Å². The zero-order chi connectivity index (χ0) is 7.78. The molecule has 0 aromatic carbocycles. The van der Waals surface area contributed by atoms with Crippen LogP contribution in [0.3, 0.4) is 0 Å². The van der Waals surface area contributed by atoms with Gasteiger partial charge in [-0.25, -0.2) is 4.79 Å². The molecule has 0 bridgehead atoms. The highest BCUT2D eigenvalue weighted by molar-refractivity contribution is 5.86. The van der Waals surface area contributed by atoms with Crippen molar-refractivity contribution < 1.29 is 20.1 Å². The maximum absolute atomic E-state index is 10.0. The summed E-state index contributed by atoms with van der Waals surface area (Å²) in [6.07, 6.45) is 0.634. The zero-order valence-corrected chi connectivity index (χ0v) is 4.72. The van der Waals surface area contributed by atoms with Crippen molar-refractivity contribution in [2.45, 2.75) is 5.91 Å². The van der Waals surface area contributed by atoms with Crippen LogP contribution in [0.2, 0.25) is 0 Å². The zero-order valence-electron chi connectivity index (χ0n) is 4.72. The first-order chi connectivity index (χ1) is 4.51. The van der Waals surface area contributed by atoms with Gasteiger partial charge in [0.2, 0.25) is 0 Å². The Hall–Kier alpha value is -1.27. The van der Waals surface area contributed by atoms with E-state index in [0.29, 0.717) is 6.08 Å². The number of hydrogen-bond acceptors (Lipinski definition) is 5. The number of hydrogen-bond donors (Lipinski definition) is 3. The van der Waals surface area contributed by atoms with Crippen LogP contribution in [0.15, 0.2) is 22.0 Å². The lowest BCUT2D eigenvalue weighted by Gasteiger charge is -2.01. The van der Waals surface area contributed by atoms with Gasteiger partial charge in [0, 0.05) is 6.08 Å². The van der Waals surface area contributed by atoms with Crippen LogP contribution >= 0.6 is 0 Å². The van der Waals surface area contributed by atoms with Crippen LogP contribution in [0.5, 0.6) is 0 Å². The standard InChI is InChI=1S/C4H4N2O4/c7-3(8)2-1-4(9,10)6-5-2/h1,9-10H,(H,7,8). The molecule has 0 atom stereocenters. The van der Waals surface area contributed by atoms with Crippen molar-refractivity contribution in [2.75, 3.05) is 0 Å². The van der Waals surface area contributed by atoms with Gasteiger partial charge in [-0.1, -0.05) is 0 Å². The Labute approximate surface area is 55.1 Å². The Morgan fingerprint density at radius 2 is 2.20 bits per heavy atom. The van der Waals surface area contributed by atoms with Gasteiger partial charge in [-0.3, -0.25) is 0 Å². The average molecular weight is 144 g/mol. The molecule has 0 fully saturated rings. The molecule has 0 aromatic rings. The van der Waals surface area contributed by atoms with Gasteiger partial charge in [-0.05, 0) is 0 Å². The Balaban J connectivity index is 2.88. The Kier molecular flexibility index (Phi) is 1.27. The molecule has 1 aliphatic rings. The molecule has 10 heavy (non-hydrogen) atoms. The van der Waals surface area contributed by atoms with Gasteiger partial charge in [0.1, 0.15) is 0 Å². The van der Waals surface area contributed by atoms with E-state index in [4.69, 9.17) is 15.3 Å². The molecule has 1 aliphatic heterocycles. The third kappa shape index (κ3) is 1.17. The number of aliphatic hydroxyl groups is 2. The molecule has 6 nitrogen and oxygen atoms in total. The summed E-state index contributed by atoms with van der Waals surface area (Å²) < 4.78 is 0. The summed E-state index contributed by atoms with van der Waals surface area (Å²) in [5.74, 6) is -3.78. The summed E-state index contributed by atoms with van der Waals surface area (Å²) in [5, 5.41) is 31.1. The molecule has 0 radical (unpaired) electrons. The minimum Gasteiger partial charge on any atom is -0.476 e. The van der Waals surface area contributed by atoms with Crippen LogP contribution in [0, 0.1) is 0 Å². The second kappa shape index (κ2) is 1.86. The normalized spacial score (nSPS) is 20.8. The molecule has 0 spiro atoms. The highest BCUT2D eigenvalue weighted by Gasteiger charge is 2.28. The minimum atomic E-state index is -2.44. The van der Waals surface area contributed by atoms with Crippen LogP contribution in [-0.2, 0) is 4.79 Å². The fourth-order valence-electron chi connectivity index (χ4n) is 0.473. The summed E-state index contributed by atoms with van der Waals surface area (Å²) in [7, 11) is 0. The number of carboxylic acids is 1. The third-order valence-electron chi connectivity index (χ3n) is 0.854. The number of nitrogens with zero attached hydrogens (tertiary/aromatic N) is 2. The Morgan fingerprint density at radius 1 is 1.60 bits per heavy atom. The molecular weight excluding hydrogens is 140 g/mol. The number of aliphatic carboxylic acids is 1. The van der Waals surface area contributed by atoms with Gasteiger partial charge in [0.25, 0.3) is 0 Å². The van der Waals surface area contributed by atoms with Gasteiger partial charge < -0.3 is 15.3 Å². The molecule has 0 saturated carbocycles. The van der Waals surface area contributed by atoms with Crippen molar-refractivity contribution in [1.82, 2.24) is 0 Å². The first-order valence-corrected chi connectivity index (χ1v) is 2.35. The highest BCUT2D eigenvalue weighted by Crippen LogP contribution is 2.17. The maximum atomic E-state index is 10.0. The van der Waals surface area contributed by atoms with Gasteiger partial charge >= 0.3 is 11.9 Å². The lowest BCUT2D eigenvalue weighted by atomic mass is 10.4. The molecule has 0 aliphatic carbocycles. The van der Waals surface area contributed by atoms with E-state index in [1.807, 2.05) is 0 Å². The van der Waals surface area contributed by atoms with E-state index >= 15 is 0 Å². The maximum Gasteiger partial charge on any atom is 0.356 e. The second-order valence-corrected chi connectivity index (χ2v) is 1.72. The second-order valence-electron chi connectivity index (χ2n) is 1.72. The first kappa shape index (κ1) is 6.84. The quantitative estimate of drug-likeness (QED) is 0.413. The van der Waals surface area contributed by atoms with Gasteiger partial charge in [-0.2, -0.15) is 0 Å². The van der Waals surface area contributed by atoms with E-state index in [0.717, 1.165) is 0 Å². The molecule has 0 aromatic heterocycles. The van der Waals surface area contributed by atoms with Gasteiger partial charge in [0.15, 0.2) is 5.70 Å². The SMILES string of the molecule is O=C(O)C1=CC(O)(O)N=N1. The lowest BCUT2D eigenvalue weighted by Crippen LogP contribution is -2.18. The molecule has 6 heteroatoms. The number of carbonyl (C=O) groups is 1. The predicted octanol–water partition coefficient (Wildman–Crippen LogP) is -0.941. The Bertz CT molecular complexity index is 229. The van der Waals surface area contributed by atoms with Gasteiger partial charge in [0.05, 0.1) is 0 Å². The molecule has 1 heterocycles. The van der Waals surface area contributed by atoms with E-state index in [2.05, 4.69) is 10.2 Å². The van der Waals surface area contributed by atoms with Crippen molar-refractivity contribution >= 4 is 5.97 Å². The fourth-order valence-corrected chi connectivity index (χ4v) is 0.473. The van der Waals surface area contributed by atoms with Crippen LogP contribution in [0.25, 0.3) is 0 Å². The number of azo groups is 1. The summed E-state index contributed by atoms with van der Waals surface area (Å²) in [5.41, 5.74) is -0.468. The molecule has 3 N–H and O–H groups in total. The van der Waals surface area contributed by atoms with Crippen molar-refractivity contribution in [3.05, 3.63) is 11.8 Å². The molecule has 0 amide bonds. The van der Waals surface area contributed by atoms with E-state index in [1.165, 1.54) is 0 Å². The van der Waals surface area contributed by atoms with Crippen molar-refractivity contribution in [3.63, 3.8) is 0 Å². The Morgan fingerprint density at radius 3 is 2.40 bits per heavy atom. The predicted molar refractivity (Wildman–Crippen MR) is 27.7 cm³/mol. The molecule has 0 unspecified atom stereocenters. The highest BCUT2D eigenvalue weighted by atomic mass is 16.5. The van der Waals surface area contributed by atoms with Crippen molar-refractivity contribution in [1.29, 1.82) is 0 Å². The topological polar surface area (TPSA) is 102 Å². The third-order valence-corrected chi connectivity index (χ3v) is 0.854. The summed E-state index contributed by atoms with van der Waals surface area (Å²) in [4.78, 5) is 10.0. The summed E-state index contributed by atoms with van der Waals surface area (Å²) in [6, 6.07) is 0. The van der Waals surface area contributed by atoms with E-state index in [1.54, 1.807) is 0 Å². The van der Waals surface area contributed by atoms with Gasteiger partial charge in [-0.15, -0.1) is 10.2 Å². The molecular formula is C4H4N2O4. The van der Waals surface area contributed by atoms with Crippen LogP contribution in [0.1, 0.15) is 0 Å². The summed E-state index contributed by atoms with van der Waals surface area (Å²) >= 11 is 0. The minimum absolute atomic E-state index is 0.468. The summed E-state index contributed by atoms with van der Waals surface area (Å²) in [6.45, 7) is 0. The van der Waals surface area contributed by atoms with E-state index < -0.39 is 17.6 Å². The monoisotopic (exact) mass is 144 g/mol. The lowest BCUT2D eigenvalue weighted by molar-refractivity contribution is -0.133. The first-order valence-electron chi connectivity index (χ1n) is 2.35. The molecule has 54 valence electrons. The average Bonchev–Trinajstić information content (AvgIpc) is 2.10.